The number of urea groups is 1. The minimum atomic E-state index is -0.131. The zero-order valence-corrected chi connectivity index (χ0v) is 13.2. The lowest BCUT2D eigenvalue weighted by molar-refractivity contribution is 0.206. The van der Waals surface area contributed by atoms with Gasteiger partial charge in [0.05, 0.1) is 0 Å². The molecule has 0 unspecified atom stereocenters. The highest BCUT2D eigenvalue weighted by molar-refractivity contribution is 5.88. The maximum absolute atomic E-state index is 12.3. The number of amides is 2. The van der Waals surface area contributed by atoms with Crippen LogP contribution in [-0.2, 0) is 13.0 Å². The van der Waals surface area contributed by atoms with Crippen LogP contribution in [0.15, 0.2) is 28.8 Å². The molecule has 5 heteroatoms. The summed E-state index contributed by atoms with van der Waals surface area (Å²) in [5.41, 5.74) is 4.03. The van der Waals surface area contributed by atoms with Crippen molar-refractivity contribution in [2.45, 2.75) is 39.7 Å². The molecule has 2 heterocycles. The van der Waals surface area contributed by atoms with Crippen LogP contribution in [0.5, 0.6) is 0 Å². The molecular formula is C17H21N3O2. The molecule has 1 aromatic heterocycles. The molecule has 1 aliphatic rings. The Balaban J connectivity index is 1.74. The van der Waals surface area contributed by atoms with Gasteiger partial charge in [0, 0.05) is 19.2 Å². The van der Waals surface area contributed by atoms with E-state index >= 15 is 0 Å². The van der Waals surface area contributed by atoms with E-state index in [9.17, 15) is 4.79 Å². The Labute approximate surface area is 130 Å². The summed E-state index contributed by atoms with van der Waals surface area (Å²) >= 11 is 0. The SMILES string of the molecule is Cc1cc(NC(=O)N2CCc3c(cccc3C(C)C)C2)no1. The lowest BCUT2D eigenvalue weighted by atomic mass is 9.89. The lowest BCUT2D eigenvalue weighted by Crippen LogP contribution is -2.39. The Morgan fingerprint density at radius 2 is 2.23 bits per heavy atom. The van der Waals surface area contributed by atoms with Gasteiger partial charge in [-0.2, -0.15) is 0 Å². The van der Waals surface area contributed by atoms with Crippen LogP contribution in [-0.4, -0.2) is 22.6 Å². The van der Waals surface area contributed by atoms with Crippen molar-refractivity contribution >= 4 is 11.8 Å². The Bertz CT molecular complexity index is 691. The first kappa shape index (κ1) is 14.6. The summed E-state index contributed by atoms with van der Waals surface area (Å²) in [5, 5.41) is 6.58. The quantitative estimate of drug-likeness (QED) is 0.920. The molecular weight excluding hydrogens is 278 g/mol. The van der Waals surface area contributed by atoms with Crippen LogP contribution in [0.1, 0.15) is 42.2 Å². The maximum Gasteiger partial charge on any atom is 0.323 e. The molecule has 0 saturated heterocycles. The van der Waals surface area contributed by atoms with E-state index in [4.69, 9.17) is 4.52 Å². The van der Waals surface area contributed by atoms with Crippen molar-refractivity contribution < 1.29 is 9.32 Å². The second kappa shape index (κ2) is 5.83. The molecule has 0 fully saturated rings. The van der Waals surface area contributed by atoms with E-state index in [2.05, 4.69) is 42.5 Å². The first-order valence-electron chi connectivity index (χ1n) is 7.64. The largest absolute Gasteiger partial charge is 0.360 e. The number of hydrogen-bond donors (Lipinski definition) is 1. The number of aromatic nitrogens is 1. The molecule has 1 aromatic carbocycles. The van der Waals surface area contributed by atoms with Gasteiger partial charge in [0.2, 0.25) is 0 Å². The highest BCUT2D eigenvalue weighted by atomic mass is 16.5. The molecule has 0 aliphatic carbocycles. The van der Waals surface area contributed by atoms with E-state index < -0.39 is 0 Å². The van der Waals surface area contributed by atoms with Crippen molar-refractivity contribution in [1.29, 1.82) is 0 Å². The van der Waals surface area contributed by atoms with Crippen LogP contribution in [0, 0.1) is 6.92 Å². The zero-order valence-electron chi connectivity index (χ0n) is 13.2. The van der Waals surface area contributed by atoms with E-state index in [1.54, 1.807) is 13.0 Å². The molecule has 3 rings (SSSR count). The van der Waals surface area contributed by atoms with Gasteiger partial charge in [0.25, 0.3) is 0 Å². The average Bonchev–Trinajstić information content (AvgIpc) is 2.91. The smallest absolute Gasteiger partial charge is 0.323 e. The minimum absolute atomic E-state index is 0.131. The van der Waals surface area contributed by atoms with E-state index in [-0.39, 0.29) is 6.03 Å². The first-order valence-corrected chi connectivity index (χ1v) is 7.64. The summed E-state index contributed by atoms with van der Waals surface area (Å²) in [7, 11) is 0. The highest BCUT2D eigenvalue weighted by Crippen LogP contribution is 2.27. The number of nitrogens with one attached hydrogen (secondary N) is 1. The van der Waals surface area contributed by atoms with Crippen molar-refractivity contribution in [2.75, 3.05) is 11.9 Å². The van der Waals surface area contributed by atoms with Crippen molar-refractivity contribution in [3.8, 4) is 0 Å². The third kappa shape index (κ3) is 2.84. The molecule has 0 bridgehead atoms. The summed E-state index contributed by atoms with van der Waals surface area (Å²) in [6, 6.07) is 7.97. The van der Waals surface area contributed by atoms with Crippen LogP contribution >= 0.6 is 0 Å². The van der Waals surface area contributed by atoms with Gasteiger partial charge in [-0.3, -0.25) is 5.32 Å². The molecule has 0 atom stereocenters. The van der Waals surface area contributed by atoms with Gasteiger partial charge in [-0.05, 0) is 36.0 Å². The molecule has 1 aliphatic heterocycles. The average molecular weight is 299 g/mol. The van der Waals surface area contributed by atoms with Crippen molar-refractivity contribution in [3.63, 3.8) is 0 Å². The number of anilines is 1. The minimum Gasteiger partial charge on any atom is -0.360 e. The monoisotopic (exact) mass is 299 g/mol. The standard InChI is InChI=1S/C17H21N3O2/c1-11(2)14-6-4-5-13-10-20(8-7-15(13)14)17(21)18-16-9-12(3)22-19-16/h4-6,9,11H,7-8,10H2,1-3H3,(H,18,19,21). The lowest BCUT2D eigenvalue weighted by Gasteiger charge is -2.30. The van der Waals surface area contributed by atoms with E-state index in [1.807, 2.05) is 4.90 Å². The van der Waals surface area contributed by atoms with Gasteiger partial charge in [0.1, 0.15) is 5.76 Å². The number of carbonyl (C=O) groups is 1. The Morgan fingerprint density at radius 1 is 1.41 bits per heavy atom. The van der Waals surface area contributed by atoms with Crippen LogP contribution in [0.25, 0.3) is 0 Å². The summed E-state index contributed by atoms with van der Waals surface area (Å²) in [6.45, 7) is 7.58. The zero-order chi connectivity index (χ0) is 15.7. The Hall–Kier alpha value is -2.30. The van der Waals surface area contributed by atoms with Crippen LogP contribution in [0.4, 0.5) is 10.6 Å². The molecule has 0 radical (unpaired) electrons. The van der Waals surface area contributed by atoms with Crippen molar-refractivity contribution in [2.24, 2.45) is 0 Å². The number of carbonyl (C=O) groups excluding carboxylic acids is 1. The van der Waals surface area contributed by atoms with E-state index in [0.29, 0.717) is 24.0 Å². The normalized spacial score (nSPS) is 14.1. The molecule has 22 heavy (non-hydrogen) atoms. The second-order valence-electron chi connectivity index (χ2n) is 6.06. The van der Waals surface area contributed by atoms with Crippen LogP contribution in [0.3, 0.4) is 0 Å². The maximum atomic E-state index is 12.3. The van der Waals surface area contributed by atoms with Gasteiger partial charge in [-0.15, -0.1) is 0 Å². The number of nitrogens with zero attached hydrogens (tertiary/aromatic N) is 2. The topological polar surface area (TPSA) is 58.4 Å². The molecule has 2 aromatic rings. The third-order valence-corrected chi connectivity index (χ3v) is 4.07. The van der Waals surface area contributed by atoms with Gasteiger partial charge in [-0.1, -0.05) is 37.2 Å². The number of rotatable bonds is 2. The highest BCUT2D eigenvalue weighted by Gasteiger charge is 2.23. The molecule has 116 valence electrons. The fraction of sp³-hybridized carbons (Fsp3) is 0.412. The molecule has 2 amide bonds. The molecule has 0 spiro atoms. The predicted molar refractivity (Wildman–Crippen MR) is 84.9 cm³/mol. The van der Waals surface area contributed by atoms with Gasteiger partial charge < -0.3 is 9.42 Å². The Morgan fingerprint density at radius 3 is 2.91 bits per heavy atom. The number of aryl methyl sites for hydroxylation is 1. The number of hydrogen-bond acceptors (Lipinski definition) is 3. The van der Waals surface area contributed by atoms with Crippen LogP contribution in [0.2, 0.25) is 0 Å². The summed E-state index contributed by atoms with van der Waals surface area (Å²) in [5.74, 6) is 1.65. The Kier molecular flexibility index (Phi) is 3.88. The van der Waals surface area contributed by atoms with E-state index in [1.165, 1.54) is 16.7 Å². The van der Waals surface area contributed by atoms with Gasteiger partial charge in [0.15, 0.2) is 5.82 Å². The van der Waals surface area contributed by atoms with Crippen molar-refractivity contribution in [1.82, 2.24) is 10.1 Å². The van der Waals surface area contributed by atoms with Gasteiger partial charge >= 0.3 is 6.03 Å². The predicted octanol–water partition coefficient (Wildman–Crippen LogP) is 3.70. The number of benzene rings is 1. The fourth-order valence-electron chi connectivity index (χ4n) is 2.97. The van der Waals surface area contributed by atoms with Gasteiger partial charge in [-0.25, -0.2) is 4.79 Å². The summed E-state index contributed by atoms with van der Waals surface area (Å²) in [4.78, 5) is 14.2. The summed E-state index contributed by atoms with van der Waals surface area (Å²) < 4.78 is 4.97. The second-order valence-corrected chi connectivity index (χ2v) is 6.06. The van der Waals surface area contributed by atoms with Crippen LogP contribution < -0.4 is 5.32 Å². The first-order chi connectivity index (χ1) is 10.5. The molecule has 0 saturated carbocycles. The third-order valence-electron chi connectivity index (χ3n) is 4.07. The summed E-state index contributed by atoms with van der Waals surface area (Å²) in [6.07, 6.45) is 0.898. The van der Waals surface area contributed by atoms with Crippen molar-refractivity contribution in [3.05, 3.63) is 46.7 Å². The molecule has 5 nitrogen and oxygen atoms in total. The fourth-order valence-corrected chi connectivity index (χ4v) is 2.97. The molecule has 1 N–H and O–H groups in total. The van der Waals surface area contributed by atoms with E-state index in [0.717, 1.165) is 13.0 Å². The number of fused-ring (bicyclic) bond motifs is 1.